The molecule has 19 heavy (non-hydrogen) atoms. The summed E-state index contributed by atoms with van der Waals surface area (Å²) in [6.45, 7) is 4.05. The maximum absolute atomic E-state index is 2.78. The Labute approximate surface area is 120 Å². The Balaban J connectivity index is 1.45. The van der Waals surface area contributed by atoms with Crippen LogP contribution in [0.3, 0.4) is 0 Å². The minimum absolute atomic E-state index is 0.778. The summed E-state index contributed by atoms with van der Waals surface area (Å²) in [5.41, 5.74) is 1.61. The van der Waals surface area contributed by atoms with Crippen LogP contribution in [0.1, 0.15) is 37.2 Å². The van der Waals surface area contributed by atoms with Gasteiger partial charge in [-0.25, -0.2) is 0 Å². The SMILES string of the molecule is c1ccc2c(c1)SCC2CN1CC2CCCC(C2)C1. The molecule has 0 spiro atoms. The zero-order chi connectivity index (χ0) is 12.7. The van der Waals surface area contributed by atoms with Crippen LogP contribution < -0.4 is 0 Å². The van der Waals surface area contributed by atoms with Gasteiger partial charge in [-0.15, -0.1) is 11.8 Å². The van der Waals surface area contributed by atoms with Crippen LogP contribution in [0, 0.1) is 11.8 Å². The van der Waals surface area contributed by atoms with Crippen molar-refractivity contribution in [2.24, 2.45) is 11.8 Å². The van der Waals surface area contributed by atoms with E-state index in [0.29, 0.717) is 0 Å². The van der Waals surface area contributed by atoms with Crippen molar-refractivity contribution < 1.29 is 0 Å². The summed E-state index contributed by atoms with van der Waals surface area (Å²) >= 11 is 2.06. The van der Waals surface area contributed by atoms with Crippen LogP contribution in [0.4, 0.5) is 0 Å². The molecule has 2 aliphatic heterocycles. The lowest BCUT2D eigenvalue weighted by Gasteiger charge is -2.42. The Kier molecular flexibility index (Phi) is 3.32. The van der Waals surface area contributed by atoms with Crippen LogP contribution in [0.25, 0.3) is 0 Å². The van der Waals surface area contributed by atoms with Gasteiger partial charge in [-0.05, 0) is 42.7 Å². The third-order valence-corrected chi connectivity index (χ3v) is 6.45. The maximum Gasteiger partial charge on any atom is 0.0108 e. The second-order valence-electron chi connectivity index (χ2n) is 6.66. The molecule has 2 fully saturated rings. The highest BCUT2D eigenvalue weighted by Crippen LogP contribution is 2.41. The fraction of sp³-hybridized carbons (Fsp3) is 0.647. The highest BCUT2D eigenvalue weighted by molar-refractivity contribution is 7.99. The maximum atomic E-state index is 2.78. The van der Waals surface area contributed by atoms with Gasteiger partial charge in [0.05, 0.1) is 0 Å². The molecule has 102 valence electrons. The van der Waals surface area contributed by atoms with E-state index in [9.17, 15) is 0 Å². The first kappa shape index (κ1) is 12.3. The molecule has 4 rings (SSSR count). The van der Waals surface area contributed by atoms with Gasteiger partial charge in [0.1, 0.15) is 0 Å². The largest absolute Gasteiger partial charge is 0.302 e. The predicted octanol–water partition coefficient (Wildman–Crippen LogP) is 4.00. The van der Waals surface area contributed by atoms with Gasteiger partial charge in [0, 0.05) is 36.2 Å². The lowest BCUT2D eigenvalue weighted by atomic mass is 9.77. The van der Waals surface area contributed by atoms with Crippen molar-refractivity contribution in [3.63, 3.8) is 0 Å². The van der Waals surface area contributed by atoms with Gasteiger partial charge in [0.2, 0.25) is 0 Å². The molecule has 0 N–H and O–H groups in total. The van der Waals surface area contributed by atoms with E-state index < -0.39 is 0 Å². The molecule has 2 heteroatoms. The van der Waals surface area contributed by atoms with Crippen molar-refractivity contribution in [3.8, 4) is 0 Å². The Morgan fingerprint density at radius 1 is 1.11 bits per heavy atom. The summed E-state index contributed by atoms with van der Waals surface area (Å²) in [6, 6.07) is 9.04. The molecule has 3 aliphatic rings. The zero-order valence-corrected chi connectivity index (χ0v) is 12.4. The molecule has 3 unspecified atom stereocenters. The Morgan fingerprint density at radius 2 is 1.89 bits per heavy atom. The van der Waals surface area contributed by atoms with Crippen LogP contribution in [-0.2, 0) is 0 Å². The first-order valence-corrected chi connectivity index (χ1v) is 8.81. The third kappa shape index (κ3) is 2.45. The lowest BCUT2D eigenvalue weighted by molar-refractivity contribution is 0.0829. The van der Waals surface area contributed by atoms with Crippen molar-refractivity contribution >= 4 is 11.8 Å². The van der Waals surface area contributed by atoms with Crippen LogP contribution in [0.2, 0.25) is 0 Å². The van der Waals surface area contributed by atoms with Gasteiger partial charge in [-0.3, -0.25) is 0 Å². The molecule has 3 atom stereocenters. The van der Waals surface area contributed by atoms with Gasteiger partial charge in [0.15, 0.2) is 0 Å². The summed E-state index contributed by atoms with van der Waals surface area (Å²) in [5.74, 6) is 4.10. The van der Waals surface area contributed by atoms with Gasteiger partial charge in [-0.1, -0.05) is 24.6 Å². The summed E-state index contributed by atoms with van der Waals surface area (Å²) in [5, 5.41) is 0. The van der Waals surface area contributed by atoms with E-state index >= 15 is 0 Å². The summed E-state index contributed by atoms with van der Waals surface area (Å²) in [7, 11) is 0. The molecule has 1 aromatic carbocycles. The molecule has 1 aromatic rings. The Bertz CT molecular complexity index is 446. The number of benzene rings is 1. The molecule has 1 nitrogen and oxygen atoms in total. The zero-order valence-electron chi connectivity index (χ0n) is 11.6. The molecule has 2 heterocycles. The molecular weight excluding hydrogens is 250 g/mol. The number of hydrogen-bond donors (Lipinski definition) is 0. The van der Waals surface area contributed by atoms with Crippen LogP contribution in [0.15, 0.2) is 29.2 Å². The van der Waals surface area contributed by atoms with E-state index in [-0.39, 0.29) is 0 Å². The number of piperidine rings is 1. The first-order valence-electron chi connectivity index (χ1n) is 7.82. The predicted molar refractivity (Wildman–Crippen MR) is 81.8 cm³/mol. The van der Waals surface area contributed by atoms with Crippen molar-refractivity contribution in [1.29, 1.82) is 0 Å². The third-order valence-electron chi connectivity index (χ3n) is 5.20. The van der Waals surface area contributed by atoms with Gasteiger partial charge in [0.25, 0.3) is 0 Å². The summed E-state index contributed by atoms with van der Waals surface area (Å²) in [4.78, 5) is 4.32. The van der Waals surface area contributed by atoms with Crippen molar-refractivity contribution in [1.82, 2.24) is 4.90 Å². The van der Waals surface area contributed by atoms with Crippen LogP contribution in [0.5, 0.6) is 0 Å². The fourth-order valence-electron chi connectivity index (χ4n) is 4.38. The highest BCUT2D eigenvalue weighted by atomic mass is 32.2. The smallest absolute Gasteiger partial charge is 0.0108 e. The number of rotatable bonds is 2. The first-order chi connectivity index (χ1) is 9.38. The number of nitrogens with zero attached hydrogens (tertiary/aromatic N) is 1. The van der Waals surface area contributed by atoms with E-state index in [0.717, 1.165) is 17.8 Å². The lowest BCUT2D eigenvalue weighted by Crippen LogP contribution is -2.44. The molecule has 1 aliphatic carbocycles. The van der Waals surface area contributed by atoms with E-state index in [1.807, 2.05) is 0 Å². The molecule has 0 amide bonds. The van der Waals surface area contributed by atoms with E-state index in [2.05, 4.69) is 40.9 Å². The average molecular weight is 273 g/mol. The Hall–Kier alpha value is -0.470. The fourth-order valence-corrected chi connectivity index (χ4v) is 5.62. The van der Waals surface area contributed by atoms with Gasteiger partial charge in [-0.2, -0.15) is 0 Å². The molecule has 1 saturated carbocycles. The van der Waals surface area contributed by atoms with Crippen LogP contribution in [-0.4, -0.2) is 30.3 Å². The molecule has 2 bridgehead atoms. The van der Waals surface area contributed by atoms with E-state index in [4.69, 9.17) is 0 Å². The number of thioether (sulfide) groups is 1. The van der Waals surface area contributed by atoms with Gasteiger partial charge >= 0.3 is 0 Å². The average Bonchev–Trinajstić information content (AvgIpc) is 2.82. The van der Waals surface area contributed by atoms with Crippen LogP contribution >= 0.6 is 11.8 Å². The van der Waals surface area contributed by atoms with Crippen molar-refractivity contribution in [2.75, 3.05) is 25.4 Å². The van der Waals surface area contributed by atoms with Crippen molar-refractivity contribution in [3.05, 3.63) is 29.8 Å². The molecule has 0 aromatic heterocycles. The normalized spacial score (nSPS) is 34.2. The molecular formula is C17H23NS. The second kappa shape index (κ2) is 5.14. The standard InChI is InChI=1S/C17H23NS/c1-2-7-17-16(6-1)15(12-19-17)11-18-9-13-4-3-5-14(8-13)10-18/h1-2,6-7,13-15H,3-5,8-12H2. The second-order valence-corrected chi connectivity index (χ2v) is 7.72. The number of fused-ring (bicyclic) bond motifs is 3. The number of hydrogen-bond acceptors (Lipinski definition) is 2. The van der Waals surface area contributed by atoms with E-state index in [1.165, 1.54) is 56.0 Å². The highest BCUT2D eigenvalue weighted by Gasteiger charge is 2.32. The van der Waals surface area contributed by atoms with E-state index in [1.54, 1.807) is 5.56 Å². The quantitative estimate of drug-likeness (QED) is 0.801. The minimum atomic E-state index is 0.778. The minimum Gasteiger partial charge on any atom is -0.302 e. The Morgan fingerprint density at radius 3 is 2.74 bits per heavy atom. The summed E-state index contributed by atoms with van der Waals surface area (Å²) < 4.78 is 0. The summed E-state index contributed by atoms with van der Waals surface area (Å²) in [6.07, 6.45) is 5.99. The molecule has 1 saturated heterocycles. The van der Waals surface area contributed by atoms with Gasteiger partial charge < -0.3 is 4.90 Å². The number of likely N-dealkylation sites (tertiary alicyclic amines) is 1. The topological polar surface area (TPSA) is 3.24 Å². The monoisotopic (exact) mass is 273 g/mol. The van der Waals surface area contributed by atoms with Crippen molar-refractivity contribution in [2.45, 2.75) is 36.5 Å². The molecule has 0 radical (unpaired) electrons.